The number of ether oxygens (including phenoxy) is 1. The lowest BCUT2D eigenvalue weighted by molar-refractivity contribution is 0.128. The highest BCUT2D eigenvalue weighted by molar-refractivity contribution is 6.35. The predicted molar refractivity (Wildman–Crippen MR) is 78.8 cm³/mol. The Bertz CT molecular complexity index is 461. The first kappa shape index (κ1) is 14.4. The molecule has 0 amide bonds. The zero-order chi connectivity index (χ0) is 13.7. The summed E-state index contributed by atoms with van der Waals surface area (Å²) >= 11 is 11.9. The summed E-state index contributed by atoms with van der Waals surface area (Å²) in [5.74, 6) is 0.496. The molecule has 0 spiro atoms. The van der Waals surface area contributed by atoms with E-state index in [1.54, 1.807) is 12.1 Å². The van der Waals surface area contributed by atoms with Crippen molar-refractivity contribution >= 4 is 29.2 Å². The van der Waals surface area contributed by atoms with Gasteiger partial charge in [-0.2, -0.15) is 0 Å². The van der Waals surface area contributed by atoms with Gasteiger partial charge in [0.1, 0.15) is 0 Å². The molecular formula is C13H17Cl2N3O. The van der Waals surface area contributed by atoms with E-state index in [1.165, 1.54) is 12.8 Å². The number of halogens is 2. The Morgan fingerprint density at radius 2 is 2.21 bits per heavy atom. The summed E-state index contributed by atoms with van der Waals surface area (Å²) in [6.07, 6.45) is 2.36. The molecule has 0 bridgehead atoms. The molecule has 0 atom stereocenters. The van der Waals surface area contributed by atoms with Crippen LogP contribution in [0.4, 0.5) is 0 Å². The van der Waals surface area contributed by atoms with Crippen LogP contribution in [0.3, 0.4) is 0 Å². The third-order valence-corrected chi connectivity index (χ3v) is 3.31. The summed E-state index contributed by atoms with van der Waals surface area (Å²) in [5, 5.41) is 4.35. The molecule has 104 valence electrons. The summed E-state index contributed by atoms with van der Waals surface area (Å²) in [4.78, 5) is 4.18. The van der Waals surface area contributed by atoms with Gasteiger partial charge >= 0.3 is 0 Å². The molecule has 0 unspecified atom stereocenters. The molecular weight excluding hydrogens is 285 g/mol. The lowest BCUT2D eigenvalue weighted by Gasteiger charge is -2.06. The van der Waals surface area contributed by atoms with Crippen LogP contribution in [0.1, 0.15) is 18.4 Å². The van der Waals surface area contributed by atoms with Gasteiger partial charge < -0.3 is 15.8 Å². The van der Waals surface area contributed by atoms with E-state index in [0.717, 1.165) is 5.56 Å². The average molecular weight is 302 g/mol. The van der Waals surface area contributed by atoms with Gasteiger partial charge in [-0.3, -0.25) is 4.99 Å². The standard InChI is InChI=1S/C13H17Cl2N3O/c14-10-2-1-9(12(15)7-10)8-19-6-5-17-13(16)18-11-3-4-11/h1-2,7,11H,3-6,8H2,(H3,16,17,18). The number of benzene rings is 1. The first-order valence-electron chi connectivity index (χ1n) is 6.23. The van der Waals surface area contributed by atoms with Crippen LogP contribution in [-0.4, -0.2) is 25.2 Å². The second-order valence-corrected chi connectivity index (χ2v) is 5.32. The smallest absolute Gasteiger partial charge is 0.188 e. The second kappa shape index (κ2) is 6.98. The molecule has 3 N–H and O–H groups in total. The van der Waals surface area contributed by atoms with Crippen LogP contribution in [0.2, 0.25) is 10.0 Å². The van der Waals surface area contributed by atoms with Crippen molar-refractivity contribution in [2.75, 3.05) is 13.2 Å². The van der Waals surface area contributed by atoms with E-state index >= 15 is 0 Å². The normalized spacial score (nSPS) is 15.6. The molecule has 0 saturated heterocycles. The van der Waals surface area contributed by atoms with E-state index in [1.807, 2.05) is 6.07 Å². The predicted octanol–water partition coefficient (Wildman–Crippen LogP) is 2.58. The fourth-order valence-electron chi connectivity index (χ4n) is 1.53. The Hall–Kier alpha value is -0.970. The molecule has 0 radical (unpaired) electrons. The molecule has 1 aromatic rings. The van der Waals surface area contributed by atoms with Crippen molar-refractivity contribution < 1.29 is 4.74 Å². The van der Waals surface area contributed by atoms with E-state index in [4.69, 9.17) is 33.7 Å². The Morgan fingerprint density at radius 3 is 2.89 bits per heavy atom. The van der Waals surface area contributed by atoms with Crippen LogP contribution < -0.4 is 11.1 Å². The van der Waals surface area contributed by atoms with Crippen molar-refractivity contribution in [2.24, 2.45) is 10.7 Å². The quantitative estimate of drug-likeness (QED) is 0.482. The van der Waals surface area contributed by atoms with Gasteiger partial charge in [0.05, 0.1) is 19.8 Å². The molecule has 1 aliphatic carbocycles. The average Bonchev–Trinajstić information content (AvgIpc) is 3.15. The van der Waals surface area contributed by atoms with Crippen LogP contribution in [0.25, 0.3) is 0 Å². The fourth-order valence-corrected chi connectivity index (χ4v) is 2.00. The second-order valence-electron chi connectivity index (χ2n) is 4.47. The lowest BCUT2D eigenvalue weighted by atomic mass is 10.2. The zero-order valence-corrected chi connectivity index (χ0v) is 12.0. The van der Waals surface area contributed by atoms with Gasteiger partial charge in [0, 0.05) is 16.1 Å². The highest BCUT2D eigenvalue weighted by Crippen LogP contribution is 2.21. The van der Waals surface area contributed by atoms with Crippen molar-refractivity contribution in [1.29, 1.82) is 0 Å². The number of nitrogens with two attached hydrogens (primary N) is 1. The molecule has 2 rings (SSSR count). The van der Waals surface area contributed by atoms with E-state index in [2.05, 4.69) is 10.3 Å². The molecule has 1 aromatic carbocycles. The highest BCUT2D eigenvalue weighted by atomic mass is 35.5. The number of hydrogen-bond acceptors (Lipinski definition) is 2. The van der Waals surface area contributed by atoms with Crippen LogP contribution in [0.5, 0.6) is 0 Å². The van der Waals surface area contributed by atoms with Gasteiger partial charge in [0.25, 0.3) is 0 Å². The first-order chi connectivity index (χ1) is 9.15. The molecule has 19 heavy (non-hydrogen) atoms. The molecule has 1 fully saturated rings. The number of nitrogens with zero attached hydrogens (tertiary/aromatic N) is 1. The van der Waals surface area contributed by atoms with E-state index < -0.39 is 0 Å². The fraction of sp³-hybridized carbons (Fsp3) is 0.462. The third-order valence-electron chi connectivity index (χ3n) is 2.72. The van der Waals surface area contributed by atoms with Crippen molar-refractivity contribution in [3.05, 3.63) is 33.8 Å². The van der Waals surface area contributed by atoms with Gasteiger partial charge in [-0.05, 0) is 30.5 Å². The van der Waals surface area contributed by atoms with Gasteiger partial charge in [-0.25, -0.2) is 0 Å². The summed E-state index contributed by atoms with van der Waals surface area (Å²) in [6, 6.07) is 5.88. The molecule has 0 aliphatic heterocycles. The maximum absolute atomic E-state index is 6.04. The van der Waals surface area contributed by atoms with Crippen molar-refractivity contribution in [3.8, 4) is 0 Å². The van der Waals surface area contributed by atoms with Crippen molar-refractivity contribution in [1.82, 2.24) is 5.32 Å². The van der Waals surface area contributed by atoms with Crippen molar-refractivity contribution in [3.63, 3.8) is 0 Å². The third kappa shape index (κ3) is 5.27. The number of aliphatic imine (C=N–C) groups is 1. The Morgan fingerprint density at radius 1 is 1.42 bits per heavy atom. The Labute approximate surface area is 122 Å². The molecule has 6 heteroatoms. The van der Waals surface area contributed by atoms with Crippen LogP contribution in [0.15, 0.2) is 23.2 Å². The maximum atomic E-state index is 6.04. The van der Waals surface area contributed by atoms with Crippen molar-refractivity contribution in [2.45, 2.75) is 25.5 Å². The SMILES string of the molecule is NC(=NCCOCc1ccc(Cl)cc1Cl)NC1CC1. The molecule has 4 nitrogen and oxygen atoms in total. The minimum Gasteiger partial charge on any atom is -0.375 e. The summed E-state index contributed by atoms with van der Waals surface area (Å²) in [7, 11) is 0. The largest absolute Gasteiger partial charge is 0.375 e. The van der Waals surface area contributed by atoms with Gasteiger partial charge in [0.2, 0.25) is 0 Å². The number of rotatable bonds is 6. The van der Waals surface area contributed by atoms with Crippen LogP contribution in [0, 0.1) is 0 Å². The summed E-state index contributed by atoms with van der Waals surface area (Å²) < 4.78 is 5.49. The van der Waals surface area contributed by atoms with Gasteiger partial charge in [0.15, 0.2) is 5.96 Å². The molecule has 0 aromatic heterocycles. The Kier molecular flexibility index (Phi) is 5.31. The van der Waals surface area contributed by atoms with E-state index in [-0.39, 0.29) is 0 Å². The zero-order valence-electron chi connectivity index (χ0n) is 10.5. The molecule has 0 heterocycles. The van der Waals surface area contributed by atoms with E-state index in [9.17, 15) is 0 Å². The number of hydrogen-bond donors (Lipinski definition) is 2. The number of guanidine groups is 1. The first-order valence-corrected chi connectivity index (χ1v) is 6.99. The maximum Gasteiger partial charge on any atom is 0.188 e. The monoisotopic (exact) mass is 301 g/mol. The lowest BCUT2D eigenvalue weighted by Crippen LogP contribution is -2.33. The minimum absolute atomic E-state index is 0.446. The van der Waals surface area contributed by atoms with E-state index in [0.29, 0.717) is 41.8 Å². The topological polar surface area (TPSA) is 59.6 Å². The van der Waals surface area contributed by atoms with Crippen LogP contribution >= 0.6 is 23.2 Å². The van der Waals surface area contributed by atoms with Gasteiger partial charge in [-0.15, -0.1) is 0 Å². The Balaban J connectivity index is 1.65. The van der Waals surface area contributed by atoms with Crippen LogP contribution in [-0.2, 0) is 11.3 Å². The minimum atomic E-state index is 0.446. The highest BCUT2D eigenvalue weighted by Gasteiger charge is 2.21. The van der Waals surface area contributed by atoms with Gasteiger partial charge in [-0.1, -0.05) is 29.3 Å². The summed E-state index contributed by atoms with van der Waals surface area (Å²) in [5.41, 5.74) is 6.61. The number of nitrogens with one attached hydrogen (secondary N) is 1. The summed E-state index contributed by atoms with van der Waals surface area (Å²) in [6.45, 7) is 1.49. The molecule has 1 aliphatic rings. The molecule has 1 saturated carbocycles.